The highest BCUT2D eigenvalue weighted by atomic mass is 16.1. The third kappa shape index (κ3) is 3.31. The minimum Gasteiger partial charge on any atom is -0.268 e. The van der Waals surface area contributed by atoms with Crippen LogP contribution in [0.15, 0.2) is 29.1 Å². The van der Waals surface area contributed by atoms with Crippen molar-refractivity contribution < 1.29 is 0 Å². The lowest BCUT2D eigenvalue weighted by Gasteiger charge is -2.09. The van der Waals surface area contributed by atoms with E-state index in [1.54, 1.807) is 19.2 Å². The van der Waals surface area contributed by atoms with Crippen molar-refractivity contribution in [2.45, 2.75) is 34.6 Å². The highest BCUT2D eigenvalue weighted by Crippen LogP contribution is 2.22. The number of rotatable bonds is 1. The average Bonchev–Trinajstić information content (AvgIpc) is 2.41. The van der Waals surface area contributed by atoms with Gasteiger partial charge in [-0.05, 0) is 55.7 Å². The lowest BCUT2D eigenvalue weighted by molar-refractivity contribution is 0.712. The molecule has 0 unspecified atom stereocenters. The maximum atomic E-state index is 11.3. The van der Waals surface area contributed by atoms with Gasteiger partial charge in [0, 0.05) is 18.7 Å². The first-order valence-electron chi connectivity index (χ1n) is 6.61. The van der Waals surface area contributed by atoms with Gasteiger partial charge in [0.15, 0.2) is 0 Å². The second-order valence-corrected chi connectivity index (χ2v) is 4.42. The molecule has 3 heteroatoms. The summed E-state index contributed by atoms with van der Waals surface area (Å²) in [6.07, 6.45) is 0. The van der Waals surface area contributed by atoms with Gasteiger partial charge in [0.1, 0.15) is 0 Å². The third-order valence-electron chi connectivity index (χ3n) is 3.18. The highest BCUT2D eigenvalue weighted by Gasteiger charge is 2.05. The monoisotopic (exact) mass is 258 g/mol. The Kier molecular flexibility index (Phi) is 5.04. The van der Waals surface area contributed by atoms with Crippen molar-refractivity contribution in [1.82, 2.24) is 9.78 Å². The molecule has 1 aromatic heterocycles. The van der Waals surface area contributed by atoms with E-state index < -0.39 is 0 Å². The lowest BCUT2D eigenvalue weighted by atomic mass is 9.99. The molecule has 2 rings (SSSR count). The Morgan fingerprint density at radius 3 is 2.00 bits per heavy atom. The molecule has 0 bridgehead atoms. The maximum Gasteiger partial charge on any atom is 0.266 e. The second-order valence-electron chi connectivity index (χ2n) is 4.42. The summed E-state index contributed by atoms with van der Waals surface area (Å²) >= 11 is 0. The SMILES string of the molecule is CC.Cc1cc(-c2ccc(=O)n(C)n2)cc(C)c1C. The Morgan fingerprint density at radius 2 is 1.53 bits per heavy atom. The van der Waals surface area contributed by atoms with Gasteiger partial charge in [-0.3, -0.25) is 4.79 Å². The van der Waals surface area contributed by atoms with E-state index in [9.17, 15) is 4.79 Å². The van der Waals surface area contributed by atoms with E-state index >= 15 is 0 Å². The number of benzene rings is 1. The topological polar surface area (TPSA) is 34.9 Å². The summed E-state index contributed by atoms with van der Waals surface area (Å²) in [5, 5.41) is 4.26. The Labute approximate surface area is 114 Å². The number of hydrogen-bond donors (Lipinski definition) is 0. The largest absolute Gasteiger partial charge is 0.268 e. The lowest BCUT2D eigenvalue weighted by Crippen LogP contribution is -2.18. The molecule has 0 amide bonds. The Balaban J connectivity index is 0.000000861. The van der Waals surface area contributed by atoms with Gasteiger partial charge in [-0.15, -0.1) is 0 Å². The predicted molar refractivity (Wildman–Crippen MR) is 80.5 cm³/mol. The fraction of sp³-hybridized carbons (Fsp3) is 0.375. The molecular formula is C16H22N2O. The van der Waals surface area contributed by atoms with Gasteiger partial charge in [-0.25, -0.2) is 4.68 Å². The van der Waals surface area contributed by atoms with Gasteiger partial charge < -0.3 is 0 Å². The molecule has 102 valence electrons. The number of nitrogens with zero attached hydrogens (tertiary/aromatic N) is 2. The van der Waals surface area contributed by atoms with Gasteiger partial charge in [-0.1, -0.05) is 13.8 Å². The summed E-state index contributed by atoms with van der Waals surface area (Å²) in [5.41, 5.74) is 5.60. The summed E-state index contributed by atoms with van der Waals surface area (Å²) in [6.45, 7) is 10.3. The smallest absolute Gasteiger partial charge is 0.266 e. The molecule has 0 saturated heterocycles. The van der Waals surface area contributed by atoms with Crippen molar-refractivity contribution in [2.75, 3.05) is 0 Å². The molecule has 0 aliphatic heterocycles. The van der Waals surface area contributed by atoms with Crippen molar-refractivity contribution >= 4 is 0 Å². The fourth-order valence-electron chi connectivity index (χ4n) is 1.84. The van der Waals surface area contributed by atoms with Gasteiger partial charge in [0.05, 0.1) is 5.69 Å². The van der Waals surface area contributed by atoms with Crippen LogP contribution in [-0.4, -0.2) is 9.78 Å². The normalized spacial score (nSPS) is 9.79. The molecule has 0 radical (unpaired) electrons. The number of hydrogen-bond acceptors (Lipinski definition) is 2. The Hall–Kier alpha value is -1.90. The van der Waals surface area contributed by atoms with Crippen molar-refractivity contribution in [2.24, 2.45) is 7.05 Å². The standard InChI is InChI=1S/C14H16N2O.C2H6/c1-9-7-12(8-10(2)11(9)3)13-5-6-14(17)16(4)15-13;1-2/h5-8H,1-4H3;1-2H3. The number of aryl methyl sites for hydroxylation is 3. The van der Waals surface area contributed by atoms with E-state index in [0.29, 0.717) is 0 Å². The van der Waals surface area contributed by atoms with Crippen LogP contribution in [-0.2, 0) is 7.05 Å². The molecule has 1 heterocycles. The second kappa shape index (κ2) is 6.32. The van der Waals surface area contributed by atoms with E-state index in [2.05, 4.69) is 38.0 Å². The van der Waals surface area contributed by atoms with Crippen molar-refractivity contribution in [3.05, 3.63) is 51.3 Å². The molecule has 3 nitrogen and oxygen atoms in total. The Morgan fingerprint density at radius 1 is 1.00 bits per heavy atom. The first kappa shape index (κ1) is 15.2. The van der Waals surface area contributed by atoms with Crippen LogP contribution in [0.5, 0.6) is 0 Å². The molecule has 0 saturated carbocycles. The van der Waals surface area contributed by atoms with Crippen LogP contribution in [0.1, 0.15) is 30.5 Å². The molecule has 2 aromatic rings. The van der Waals surface area contributed by atoms with Gasteiger partial charge in [-0.2, -0.15) is 5.10 Å². The predicted octanol–water partition coefficient (Wildman–Crippen LogP) is 3.40. The van der Waals surface area contributed by atoms with Gasteiger partial charge in [0.25, 0.3) is 5.56 Å². The summed E-state index contributed by atoms with van der Waals surface area (Å²) in [5.74, 6) is 0. The van der Waals surface area contributed by atoms with Gasteiger partial charge in [0.2, 0.25) is 0 Å². The zero-order chi connectivity index (χ0) is 14.6. The average molecular weight is 258 g/mol. The zero-order valence-electron chi connectivity index (χ0n) is 12.6. The van der Waals surface area contributed by atoms with Gasteiger partial charge >= 0.3 is 0 Å². The molecule has 0 fully saturated rings. The van der Waals surface area contributed by atoms with E-state index in [1.807, 2.05) is 13.8 Å². The number of aromatic nitrogens is 2. The van der Waals surface area contributed by atoms with Crippen LogP contribution < -0.4 is 5.56 Å². The van der Waals surface area contributed by atoms with Crippen molar-refractivity contribution in [1.29, 1.82) is 0 Å². The first-order chi connectivity index (χ1) is 8.99. The molecule has 0 atom stereocenters. The highest BCUT2D eigenvalue weighted by molar-refractivity contribution is 5.62. The Bertz CT molecular complexity index is 604. The summed E-state index contributed by atoms with van der Waals surface area (Å²) in [4.78, 5) is 11.3. The van der Waals surface area contributed by atoms with Crippen LogP contribution in [0.3, 0.4) is 0 Å². The van der Waals surface area contributed by atoms with Crippen molar-refractivity contribution in [3.8, 4) is 11.3 Å². The third-order valence-corrected chi connectivity index (χ3v) is 3.18. The molecule has 0 spiro atoms. The molecule has 0 aliphatic rings. The first-order valence-corrected chi connectivity index (χ1v) is 6.61. The van der Waals surface area contributed by atoms with Crippen LogP contribution in [0.2, 0.25) is 0 Å². The minimum atomic E-state index is -0.0886. The van der Waals surface area contributed by atoms with E-state index in [-0.39, 0.29) is 5.56 Å². The van der Waals surface area contributed by atoms with E-state index in [0.717, 1.165) is 11.3 Å². The van der Waals surface area contributed by atoms with E-state index in [1.165, 1.54) is 21.4 Å². The minimum absolute atomic E-state index is 0.0886. The van der Waals surface area contributed by atoms with Crippen molar-refractivity contribution in [3.63, 3.8) is 0 Å². The zero-order valence-corrected chi connectivity index (χ0v) is 12.6. The fourth-order valence-corrected chi connectivity index (χ4v) is 1.84. The maximum absolute atomic E-state index is 11.3. The molecular weight excluding hydrogens is 236 g/mol. The summed E-state index contributed by atoms with van der Waals surface area (Å²) < 4.78 is 1.36. The molecule has 1 aromatic carbocycles. The molecule has 19 heavy (non-hydrogen) atoms. The van der Waals surface area contributed by atoms with Crippen LogP contribution in [0.4, 0.5) is 0 Å². The van der Waals surface area contributed by atoms with Crippen LogP contribution >= 0.6 is 0 Å². The van der Waals surface area contributed by atoms with Crippen LogP contribution in [0.25, 0.3) is 11.3 Å². The molecule has 0 aliphatic carbocycles. The summed E-state index contributed by atoms with van der Waals surface area (Å²) in [7, 11) is 1.67. The summed E-state index contributed by atoms with van der Waals surface area (Å²) in [6, 6.07) is 7.53. The van der Waals surface area contributed by atoms with Crippen LogP contribution in [0, 0.1) is 20.8 Å². The quantitative estimate of drug-likeness (QED) is 0.785. The molecule has 0 N–H and O–H groups in total. The van der Waals surface area contributed by atoms with E-state index in [4.69, 9.17) is 0 Å².